The first kappa shape index (κ1) is 22.5. The van der Waals surface area contributed by atoms with Crippen LogP contribution in [0.25, 0.3) is 28.6 Å². The largest absolute Gasteiger partial charge is 0.494 e. The van der Waals surface area contributed by atoms with E-state index in [9.17, 15) is 26.0 Å². The number of nitrogens with zero attached hydrogens (tertiary/aromatic N) is 2. The maximum absolute atomic E-state index is 14.3. The molecule has 0 atom stereocenters. The normalized spacial score (nSPS) is 12.5. The highest BCUT2D eigenvalue weighted by atomic mass is 32.2. The minimum atomic E-state index is -4.82. The van der Waals surface area contributed by atoms with E-state index in [0.29, 0.717) is 4.68 Å². The molecule has 2 aromatic carbocycles. The fourth-order valence-corrected chi connectivity index (χ4v) is 3.57. The maximum atomic E-state index is 14.3. The average molecular weight is 455 g/mol. The zero-order valence-corrected chi connectivity index (χ0v) is 17.1. The summed E-state index contributed by atoms with van der Waals surface area (Å²) >= 11 is 0. The lowest BCUT2D eigenvalue weighted by Gasteiger charge is -2.12. The number of allylic oxidation sites excluding steroid dienone is 1. The Morgan fingerprint density at radius 2 is 1.71 bits per heavy atom. The maximum Gasteiger partial charge on any atom is 0.434 e. The Morgan fingerprint density at radius 1 is 1.10 bits per heavy atom. The van der Waals surface area contributed by atoms with E-state index in [1.807, 2.05) is 0 Å². The molecule has 3 aromatic rings. The van der Waals surface area contributed by atoms with Gasteiger partial charge in [0.05, 0.1) is 12.0 Å². The standard InChI is InChI=1S/C20H17F4N3O3S/c1-3-10-27-19(20(22,23)24)17(13-6-9-16(30-2)15(21)11-13)18(26-27)12-4-7-14(8-5-12)31(25,28)29/h3-11H,1-2H3,(H2,25,28,29). The van der Waals surface area contributed by atoms with Crippen LogP contribution in [0, 0.1) is 5.82 Å². The van der Waals surface area contributed by atoms with Crippen molar-refractivity contribution in [1.29, 1.82) is 0 Å². The third-order valence-corrected chi connectivity index (χ3v) is 5.30. The molecule has 0 aliphatic rings. The number of halogens is 4. The van der Waals surface area contributed by atoms with Crippen LogP contribution < -0.4 is 9.88 Å². The highest BCUT2D eigenvalue weighted by molar-refractivity contribution is 7.89. The number of benzene rings is 2. The van der Waals surface area contributed by atoms with Gasteiger partial charge in [0.1, 0.15) is 5.69 Å². The van der Waals surface area contributed by atoms with Gasteiger partial charge in [0.15, 0.2) is 17.3 Å². The molecule has 2 N–H and O–H groups in total. The number of alkyl halides is 3. The molecule has 0 saturated carbocycles. The quantitative estimate of drug-likeness (QED) is 0.573. The van der Waals surface area contributed by atoms with Crippen molar-refractivity contribution in [3.63, 3.8) is 0 Å². The second kappa shape index (κ2) is 8.16. The summed E-state index contributed by atoms with van der Waals surface area (Å²) in [5, 5.41) is 9.13. The van der Waals surface area contributed by atoms with Crippen LogP contribution in [-0.4, -0.2) is 25.3 Å². The third-order valence-electron chi connectivity index (χ3n) is 4.37. The summed E-state index contributed by atoms with van der Waals surface area (Å²) in [6, 6.07) is 8.31. The lowest BCUT2D eigenvalue weighted by Crippen LogP contribution is -2.12. The molecule has 0 fully saturated rings. The van der Waals surface area contributed by atoms with Gasteiger partial charge in [-0.15, -0.1) is 0 Å². The summed E-state index contributed by atoms with van der Waals surface area (Å²) in [4.78, 5) is -0.211. The molecular formula is C20H17F4N3O3S. The smallest absolute Gasteiger partial charge is 0.434 e. The minimum Gasteiger partial charge on any atom is -0.494 e. The van der Waals surface area contributed by atoms with E-state index in [2.05, 4.69) is 5.10 Å². The fraction of sp³-hybridized carbons (Fsp3) is 0.150. The second-order valence-electron chi connectivity index (χ2n) is 6.42. The van der Waals surface area contributed by atoms with Crippen molar-refractivity contribution in [2.24, 2.45) is 5.14 Å². The summed E-state index contributed by atoms with van der Waals surface area (Å²) in [5.74, 6) is -0.973. The molecule has 0 aliphatic carbocycles. The zero-order valence-electron chi connectivity index (χ0n) is 16.3. The third kappa shape index (κ3) is 4.47. The van der Waals surface area contributed by atoms with Gasteiger partial charge in [-0.3, -0.25) is 0 Å². The Bertz CT molecular complexity index is 1250. The van der Waals surface area contributed by atoms with Crippen molar-refractivity contribution in [3.8, 4) is 28.1 Å². The molecular weight excluding hydrogens is 438 g/mol. The molecule has 0 aliphatic heterocycles. The number of sulfonamides is 1. The van der Waals surface area contributed by atoms with Gasteiger partial charge < -0.3 is 4.74 Å². The van der Waals surface area contributed by atoms with E-state index < -0.39 is 27.7 Å². The van der Waals surface area contributed by atoms with Gasteiger partial charge in [0.2, 0.25) is 10.0 Å². The summed E-state index contributed by atoms with van der Waals surface area (Å²) in [6.07, 6.45) is -2.33. The predicted octanol–water partition coefficient (Wildman–Crippen LogP) is 4.52. The molecule has 31 heavy (non-hydrogen) atoms. The van der Waals surface area contributed by atoms with Gasteiger partial charge in [-0.2, -0.15) is 18.3 Å². The zero-order chi connectivity index (χ0) is 23.0. The van der Waals surface area contributed by atoms with Crippen molar-refractivity contribution in [3.05, 3.63) is 60.1 Å². The first-order valence-corrected chi connectivity index (χ1v) is 10.3. The van der Waals surface area contributed by atoms with Gasteiger partial charge in [-0.25, -0.2) is 22.6 Å². The van der Waals surface area contributed by atoms with Gasteiger partial charge in [0, 0.05) is 17.3 Å². The first-order chi connectivity index (χ1) is 14.5. The molecule has 0 unspecified atom stereocenters. The van der Waals surface area contributed by atoms with Crippen LogP contribution >= 0.6 is 0 Å². The summed E-state index contributed by atoms with van der Waals surface area (Å²) in [7, 11) is -2.75. The number of methoxy groups -OCH3 is 1. The molecule has 3 rings (SSSR count). The molecule has 0 saturated heterocycles. The average Bonchev–Trinajstić information content (AvgIpc) is 3.07. The number of rotatable bonds is 5. The van der Waals surface area contributed by atoms with E-state index in [-0.39, 0.29) is 33.0 Å². The summed E-state index contributed by atoms with van der Waals surface area (Å²) in [5.41, 5.74) is -1.48. The number of hydrogen-bond acceptors (Lipinski definition) is 4. The number of primary sulfonamides is 1. The first-order valence-electron chi connectivity index (χ1n) is 8.77. The van der Waals surface area contributed by atoms with Gasteiger partial charge in [0.25, 0.3) is 0 Å². The van der Waals surface area contributed by atoms with Crippen LogP contribution in [-0.2, 0) is 16.2 Å². The van der Waals surface area contributed by atoms with Crippen LogP contribution in [0.1, 0.15) is 12.6 Å². The summed E-state index contributed by atoms with van der Waals surface area (Å²) in [6.45, 7) is 1.52. The Morgan fingerprint density at radius 3 is 2.19 bits per heavy atom. The Balaban J connectivity index is 2.34. The SMILES string of the molecule is CC=Cn1nc(-c2ccc(S(N)(=O)=O)cc2)c(-c2ccc(OC)c(F)c2)c1C(F)(F)F. The molecule has 0 radical (unpaired) electrons. The lowest BCUT2D eigenvalue weighted by molar-refractivity contribution is -0.142. The molecule has 1 aromatic heterocycles. The van der Waals surface area contributed by atoms with Gasteiger partial charge in [-0.05, 0) is 36.8 Å². The van der Waals surface area contributed by atoms with Crippen LogP contribution in [0.4, 0.5) is 17.6 Å². The topological polar surface area (TPSA) is 87.2 Å². The Kier molecular flexibility index (Phi) is 5.92. The second-order valence-corrected chi connectivity index (χ2v) is 7.98. The Hall–Kier alpha value is -3.18. The van der Waals surface area contributed by atoms with Crippen molar-refractivity contribution >= 4 is 16.2 Å². The molecule has 0 amide bonds. The fourth-order valence-electron chi connectivity index (χ4n) is 3.06. The van der Waals surface area contributed by atoms with E-state index in [4.69, 9.17) is 9.88 Å². The molecule has 0 bridgehead atoms. The number of ether oxygens (including phenoxy) is 1. The highest BCUT2D eigenvalue weighted by Gasteiger charge is 2.40. The highest BCUT2D eigenvalue weighted by Crippen LogP contribution is 2.43. The predicted molar refractivity (Wildman–Crippen MR) is 107 cm³/mol. The van der Waals surface area contributed by atoms with E-state index in [0.717, 1.165) is 24.4 Å². The number of nitrogens with two attached hydrogens (primary N) is 1. The van der Waals surface area contributed by atoms with Crippen LogP contribution in [0.15, 0.2) is 53.4 Å². The number of aromatic nitrogens is 2. The van der Waals surface area contributed by atoms with Crippen molar-refractivity contribution in [2.45, 2.75) is 18.0 Å². The molecule has 1 heterocycles. The van der Waals surface area contributed by atoms with Crippen molar-refractivity contribution < 1.29 is 30.7 Å². The van der Waals surface area contributed by atoms with Crippen LogP contribution in [0.5, 0.6) is 5.75 Å². The van der Waals surface area contributed by atoms with Crippen LogP contribution in [0.2, 0.25) is 0 Å². The van der Waals surface area contributed by atoms with Crippen LogP contribution in [0.3, 0.4) is 0 Å². The van der Waals surface area contributed by atoms with Gasteiger partial charge >= 0.3 is 6.18 Å². The van der Waals surface area contributed by atoms with Crippen molar-refractivity contribution in [1.82, 2.24) is 9.78 Å². The number of hydrogen-bond donors (Lipinski definition) is 1. The van der Waals surface area contributed by atoms with E-state index >= 15 is 0 Å². The molecule has 6 nitrogen and oxygen atoms in total. The lowest BCUT2D eigenvalue weighted by atomic mass is 9.98. The minimum absolute atomic E-state index is 0.0769. The van der Waals surface area contributed by atoms with E-state index in [1.54, 1.807) is 0 Å². The van der Waals surface area contributed by atoms with E-state index in [1.165, 1.54) is 44.4 Å². The summed E-state index contributed by atoms with van der Waals surface area (Å²) < 4.78 is 84.8. The molecule has 0 spiro atoms. The Labute approximate surface area is 175 Å². The van der Waals surface area contributed by atoms with Gasteiger partial charge in [-0.1, -0.05) is 24.3 Å². The molecule has 11 heteroatoms. The monoisotopic (exact) mass is 455 g/mol. The van der Waals surface area contributed by atoms with Crippen molar-refractivity contribution in [2.75, 3.05) is 7.11 Å². The molecule has 164 valence electrons.